The van der Waals surface area contributed by atoms with Gasteiger partial charge in [0.05, 0.1) is 6.42 Å². The van der Waals surface area contributed by atoms with Crippen molar-refractivity contribution in [3.8, 4) is 0 Å². The predicted octanol–water partition coefficient (Wildman–Crippen LogP) is 2.15. The number of benzene rings is 1. The minimum atomic E-state index is -4.97. The molecule has 0 spiro atoms. The van der Waals surface area contributed by atoms with Crippen molar-refractivity contribution in [3.05, 3.63) is 29.8 Å². The number of para-hydroxylation sites is 1. The Hall–Kier alpha value is -2.05. The maximum absolute atomic E-state index is 12.5. The number of carboxylic acids is 1. The number of carbonyl (C=O) groups is 2. The lowest BCUT2D eigenvalue weighted by Crippen LogP contribution is -2.40. The molecule has 0 aliphatic carbocycles. The molecule has 1 unspecified atom stereocenters. The standard InChI is InChI=1S/C12H10F3NO3/c13-12(14,15)11(19)16-6-7(5-10(17)18)8-3-1-2-4-9(8)16/h1-4,7H,5-6H2,(H,17,18). The maximum Gasteiger partial charge on any atom is 0.471 e. The van der Waals surface area contributed by atoms with E-state index in [4.69, 9.17) is 5.11 Å². The molecule has 0 saturated carbocycles. The molecule has 0 bridgehead atoms. The summed E-state index contributed by atoms with van der Waals surface area (Å²) in [5.74, 6) is -3.69. The van der Waals surface area contributed by atoms with Crippen LogP contribution in [0, 0.1) is 0 Å². The number of anilines is 1. The molecule has 1 aliphatic heterocycles. The summed E-state index contributed by atoms with van der Waals surface area (Å²) in [7, 11) is 0. The number of aliphatic carboxylic acids is 1. The number of rotatable bonds is 2. The van der Waals surface area contributed by atoms with Gasteiger partial charge in [-0.15, -0.1) is 0 Å². The largest absolute Gasteiger partial charge is 0.481 e. The van der Waals surface area contributed by atoms with Gasteiger partial charge in [-0.2, -0.15) is 13.2 Å². The molecule has 102 valence electrons. The number of nitrogens with zero attached hydrogens (tertiary/aromatic N) is 1. The average Bonchev–Trinajstić information content (AvgIpc) is 2.65. The highest BCUT2D eigenvalue weighted by atomic mass is 19.4. The third-order valence-corrected chi connectivity index (χ3v) is 2.98. The number of carboxylic acid groups (broad SMARTS) is 1. The average molecular weight is 273 g/mol. The Balaban J connectivity index is 2.35. The van der Waals surface area contributed by atoms with E-state index < -0.39 is 24.0 Å². The molecule has 1 aromatic rings. The van der Waals surface area contributed by atoms with Gasteiger partial charge >= 0.3 is 18.1 Å². The molecule has 1 atom stereocenters. The Kier molecular flexibility index (Phi) is 3.21. The Labute approximate surface area is 106 Å². The minimum absolute atomic E-state index is 0.135. The fourth-order valence-electron chi connectivity index (χ4n) is 2.23. The van der Waals surface area contributed by atoms with Crippen LogP contribution < -0.4 is 4.90 Å². The molecule has 19 heavy (non-hydrogen) atoms. The fourth-order valence-corrected chi connectivity index (χ4v) is 2.23. The van der Waals surface area contributed by atoms with E-state index in [2.05, 4.69) is 0 Å². The summed E-state index contributed by atoms with van der Waals surface area (Å²) in [6.07, 6.45) is -5.27. The molecule has 1 aliphatic rings. The number of fused-ring (bicyclic) bond motifs is 1. The van der Waals surface area contributed by atoms with Crippen molar-refractivity contribution in [2.75, 3.05) is 11.4 Å². The van der Waals surface area contributed by atoms with Crippen LogP contribution in [-0.4, -0.2) is 29.7 Å². The predicted molar refractivity (Wildman–Crippen MR) is 59.8 cm³/mol. The molecule has 1 heterocycles. The van der Waals surface area contributed by atoms with Crippen molar-refractivity contribution >= 4 is 17.6 Å². The zero-order valence-electron chi connectivity index (χ0n) is 9.65. The number of halogens is 3. The van der Waals surface area contributed by atoms with E-state index >= 15 is 0 Å². The van der Waals surface area contributed by atoms with Gasteiger partial charge in [-0.05, 0) is 11.6 Å². The molecule has 0 aromatic heterocycles. The Morgan fingerprint density at radius 2 is 1.95 bits per heavy atom. The third kappa shape index (κ3) is 2.54. The van der Waals surface area contributed by atoms with Gasteiger partial charge in [0.1, 0.15) is 0 Å². The number of hydrogen-bond acceptors (Lipinski definition) is 2. The van der Waals surface area contributed by atoms with Crippen LogP contribution in [0.25, 0.3) is 0 Å². The SMILES string of the molecule is O=C(O)CC1CN(C(=O)C(F)(F)F)c2ccccc21. The van der Waals surface area contributed by atoms with Crippen LogP contribution in [0.1, 0.15) is 17.9 Å². The number of carbonyl (C=O) groups excluding carboxylic acids is 1. The summed E-state index contributed by atoms with van der Waals surface area (Å²) in [6.45, 7) is -0.260. The first kappa shape index (κ1) is 13.4. The zero-order valence-corrected chi connectivity index (χ0v) is 9.65. The van der Waals surface area contributed by atoms with Gasteiger partial charge in [0.15, 0.2) is 0 Å². The lowest BCUT2D eigenvalue weighted by Gasteiger charge is -2.19. The van der Waals surface area contributed by atoms with Crippen LogP contribution in [0.2, 0.25) is 0 Å². The lowest BCUT2D eigenvalue weighted by molar-refractivity contribution is -0.170. The van der Waals surface area contributed by atoms with Gasteiger partial charge in [0, 0.05) is 18.2 Å². The highest BCUT2D eigenvalue weighted by Gasteiger charge is 2.46. The molecular weight excluding hydrogens is 263 g/mol. The summed E-state index contributed by atoms with van der Waals surface area (Å²) in [6, 6.07) is 6.06. The van der Waals surface area contributed by atoms with E-state index in [-0.39, 0.29) is 18.7 Å². The second-order valence-electron chi connectivity index (χ2n) is 4.27. The molecule has 1 aromatic carbocycles. The van der Waals surface area contributed by atoms with Gasteiger partial charge in [0.2, 0.25) is 0 Å². The lowest BCUT2D eigenvalue weighted by atomic mass is 9.98. The summed E-state index contributed by atoms with van der Waals surface area (Å²) in [5, 5.41) is 8.76. The third-order valence-electron chi connectivity index (χ3n) is 2.98. The van der Waals surface area contributed by atoms with Crippen LogP contribution in [0.15, 0.2) is 24.3 Å². The number of hydrogen-bond donors (Lipinski definition) is 1. The topological polar surface area (TPSA) is 57.6 Å². The van der Waals surface area contributed by atoms with Gasteiger partial charge in [-0.25, -0.2) is 0 Å². The van der Waals surface area contributed by atoms with Gasteiger partial charge < -0.3 is 10.0 Å². The highest BCUT2D eigenvalue weighted by Crippen LogP contribution is 2.39. The van der Waals surface area contributed by atoms with Gasteiger partial charge in [0.25, 0.3) is 0 Å². The van der Waals surface area contributed by atoms with Crippen molar-refractivity contribution in [3.63, 3.8) is 0 Å². The Bertz CT molecular complexity index is 527. The second kappa shape index (κ2) is 4.56. The minimum Gasteiger partial charge on any atom is -0.481 e. The van der Waals surface area contributed by atoms with Crippen molar-refractivity contribution in [2.45, 2.75) is 18.5 Å². The molecule has 0 radical (unpaired) electrons. The first-order chi connectivity index (χ1) is 8.80. The van der Waals surface area contributed by atoms with Gasteiger partial charge in [-0.3, -0.25) is 9.59 Å². The van der Waals surface area contributed by atoms with E-state index in [9.17, 15) is 22.8 Å². The summed E-state index contributed by atoms with van der Waals surface area (Å²) in [4.78, 5) is 22.6. The molecule has 2 rings (SSSR count). The molecule has 0 saturated heterocycles. The second-order valence-corrected chi connectivity index (χ2v) is 4.27. The monoisotopic (exact) mass is 273 g/mol. The first-order valence-electron chi connectivity index (χ1n) is 5.50. The van der Waals surface area contributed by atoms with Crippen molar-refractivity contribution in [1.82, 2.24) is 0 Å². The Morgan fingerprint density at radius 3 is 2.53 bits per heavy atom. The number of amides is 1. The van der Waals surface area contributed by atoms with Crippen LogP contribution in [-0.2, 0) is 9.59 Å². The van der Waals surface area contributed by atoms with E-state index in [0.717, 1.165) is 0 Å². The molecule has 1 N–H and O–H groups in total. The summed E-state index contributed by atoms with van der Waals surface area (Å²) < 4.78 is 37.4. The number of alkyl halides is 3. The first-order valence-corrected chi connectivity index (χ1v) is 5.50. The molecule has 1 amide bonds. The molecule has 7 heteroatoms. The molecule has 0 fully saturated rings. The highest BCUT2D eigenvalue weighted by molar-refractivity contribution is 5.99. The van der Waals surface area contributed by atoms with E-state index in [0.29, 0.717) is 10.5 Å². The van der Waals surface area contributed by atoms with E-state index in [1.54, 1.807) is 12.1 Å². The van der Waals surface area contributed by atoms with Crippen molar-refractivity contribution < 1.29 is 27.9 Å². The molecule has 4 nitrogen and oxygen atoms in total. The normalized spacial score (nSPS) is 18.3. The summed E-state index contributed by atoms with van der Waals surface area (Å²) in [5.41, 5.74) is 0.596. The fraction of sp³-hybridized carbons (Fsp3) is 0.333. The van der Waals surface area contributed by atoms with E-state index in [1.807, 2.05) is 0 Å². The molecular formula is C12H10F3NO3. The smallest absolute Gasteiger partial charge is 0.471 e. The Morgan fingerprint density at radius 1 is 1.32 bits per heavy atom. The van der Waals surface area contributed by atoms with Crippen LogP contribution in [0.3, 0.4) is 0 Å². The van der Waals surface area contributed by atoms with Crippen LogP contribution in [0.4, 0.5) is 18.9 Å². The van der Waals surface area contributed by atoms with Crippen molar-refractivity contribution in [1.29, 1.82) is 0 Å². The van der Waals surface area contributed by atoms with E-state index in [1.165, 1.54) is 12.1 Å². The van der Waals surface area contributed by atoms with Gasteiger partial charge in [-0.1, -0.05) is 18.2 Å². The maximum atomic E-state index is 12.5. The van der Waals surface area contributed by atoms with Crippen molar-refractivity contribution in [2.24, 2.45) is 0 Å². The summed E-state index contributed by atoms with van der Waals surface area (Å²) >= 11 is 0. The quantitative estimate of drug-likeness (QED) is 0.898. The zero-order chi connectivity index (χ0) is 14.2. The van der Waals surface area contributed by atoms with Crippen LogP contribution >= 0.6 is 0 Å². The van der Waals surface area contributed by atoms with Crippen LogP contribution in [0.5, 0.6) is 0 Å².